The Hall–Kier alpha value is -0.730. The van der Waals surface area contributed by atoms with Crippen molar-refractivity contribution in [2.45, 2.75) is 5.03 Å². The normalized spacial score (nSPS) is 9.08. The van der Waals surface area contributed by atoms with Crippen LogP contribution >= 0.6 is 27.7 Å². The summed E-state index contributed by atoms with van der Waals surface area (Å²) >= 11 is 4.19. The van der Waals surface area contributed by atoms with Crippen molar-refractivity contribution < 1.29 is 4.74 Å². The number of rotatable bonds is 2. The van der Waals surface area contributed by atoms with Crippen molar-refractivity contribution in [3.8, 4) is 11.2 Å². The lowest BCUT2D eigenvalue weighted by molar-refractivity contribution is 0.400. The summed E-state index contributed by atoms with van der Waals surface area (Å²) in [6, 6.07) is 3.52. The zero-order valence-corrected chi connectivity index (χ0v) is 8.65. The van der Waals surface area contributed by atoms with E-state index in [4.69, 9.17) is 10.00 Å². The van der Waals surface area contributed by atoms with Crippen LogP contribution in [0.15, 0.2) is 21.8 Å². The quantitative estimate of drug-likeness (QED) is 0.456. The second kappa shape index (κ2) is 4.33. The number of ether oxygens (including phenoxy) is 1. The molecule has 0 atom stereocenters. The van der Waals surface area contributed by atoms with Crippen LogP contribution in [0.3, 0.4) is 0 Å². The van der Waals surface area contributed by atoms with Gasteiger partial charge in [0.25, 0.3) is 0 Å². The van der Waals surface area contributed by atoms with E-state index in [1.807, 2.05) is 5.40 Å². The maximum Gasteiger partial charge on any atom is 0.154 e. The number of pyridine rings is 1. The lowest BCUT2D eigenvalue weighted by Gasteiger charge is -2.02. The summed E-state index contributed by atoms with van der Waals surface area (Å²) in [6.45, 7) is 0. The van der Waals surface area contributed by atoms with Crippen molar-refractivity contribution in [3.63, 3.8) is 0 Å². The maximum absolute atomic E-state index is 8.43. The summed E-state index contributed by atoms with van der Waals surface area (Å²) in [6.07, 6.45) is 0. The van der Waals surface area contributed by atoms with Crippen LogP contribution in [-0.2, 0) is 0 Å². The van der Waals surface area contributed by atoms with Gasteiger partial charge in [-0.05, 0) is 28.1 Å². The minimum atomic E-state index is 0.578. The van der Waals surface area contributed by atoms with Crippen LogP contribution in [-0.4, -0.2) is 12.1 Å². The summed E-state index contributed by atoms with van der Waals surface area (Å²) in [5.41, 5.74) is 0. The Bertz CT molecular complexity index is 324. The summed E-state index contributed by atoms with van der Waals surface area (Å²) in [4.78, 5) is 4.07. The molecule has 0 saturated carbocycles. The van der Waals surface area contributed by atoms with E-state index >= 15 is 0 Å². The second-order valence-electron chi connectivity index (χ2n) is 1.83. The van der Waals surface area contributed by atoms with Gasteiger partial charge in [-0.15, -0.1) is 0 Å². The minimum Gasteiger partial charge on any atom is -0.494 e. The average molecular weight is 245 g/mol. The lowest BCUT2D eigenvalue weighted by atomic mass is 10.5. The van der Waals surface area contributed by atoms with Crippen LogP contribution in [0, 0.1) is 10.7 Å². The van der Waals surface area contributed by atoms with Crippen molar-refractivity contribution in [3.05, 3.63) is 16.7 Å². The van der Waals surface area contributed by atoms with E-state index in [0.717, 1.165) is 11.8 Å². The highest BCUT2D eigenvalue weighted by Crippen LogP contribution is 2.27. The standard InChI is InChI=1S/C7H5BrN2OS/c1-11-5-2-3-6(8)10-7(5)12-4-9/h2-3H,1H3. The third-order valence-electron chi connectivity index (χ3n) is 1.15. The smallest absolute Gasteiger partial charge is 0.154 e. The van der Waals surface area contributed by atoms with Crippen LogP contribution < -0.4 is 4.74 Å². The maximum atomic E-state index is 8.43. The summed E-state index contributed by atoms with van der Waals surface area (Å²) in [7, 11) is 1.55. The highest BCUT2D eigenvalue weighted by molar-refractivity contribution is 9.10. The topological polar surface area (TPSA) is 45.9 Å². The largest absolute Gasteiger partial charge is 0.494 e. The fourth-order valence-corrected chi connectivity index (χ4v) is 1.59. The lowest BCUT2D eigenvalue weighted by Crippen LogP contribution is -1.88. The number of nitriles is 1. The number of thioether (sulfide) groups is 1. The highest BCUT2D eigenvalue weighted by Gasteiger charge is 2.04. The van der Waals surface area contributed by atoms with Crippen molar-refractivity contribution >= 4 is 27.7 Å². The van der Waals surface area contributed by atoms with Gasteiger partial charge in [-0.2, -0.15) is 5.26 Å². The molecule has 0 spiro atoms. The number of halogens is 1. The van der Waals surface area contributed by atoms with Crippen LogP contribution in [0.4, 0.5) is 0 Å². The third kappa shape index (κ3) is 2.13. The second-order valence-corrected chi connectivity index (χ2v) is 3.42. The Labute approximate surface area is 82.9 Å². The molecule has 1 aromatic heterocycles. The van der Waals surface area contributed by atoms with Gasteiger partial charge in [0.1, 0.15) is 10.0 Å². The molecular formula is C7H5BrN2OS. The van der Waals surface area contributed by atoms with Gasteiger partial charge in [0.15, 0.2) is 10.8 Å². The molecule has 1 heterocycles. The Morgan fingerprint density at radius 1 is 1.67 bits per heavy atom. The molecule has 0 bridgehead atoms. The highest BCUT2D eigenvalue weighted by atomic mass is 79.9. The van der Waals surface area contributed by atoms with Crippen LogP contribution in [0.25, 0.3) is 0 Å². The van der Waals surface area contributed by atoms with Gasteiger partial charge in [-0.25, -0.2) is 4.98 Å². The van der Waals surface area contributed by atoms with Gasteiger partial charge < -0.3 is 4.74 Å². The van der Waals surface area contributed by atoms with Crippen molar-refractivity contribution in [2.75, 3.05) is 7.11 Å². The minimum absolute atomic E-state index is 0.578. The molecule has 0 unspecified atom stereocenters. The molecule has 5 heteroatoms. The molecule has 0 saturated heterocycles. The number of thiocyanates is 1. The first-order chi connectivity index (χ1) is 5.77. The molecule has 0 aliphatic heterocycles. The molecule has 0 radical (unpaired) electrons. The van der Waals surface area contributed by atoms with Crippen molar-refractivity contribution in [1.29, 1.82) is 5.26 Å². The Balaban J connectivity index is 3.05. The Kier molecular flexibility index (Phi) is 3.38. The Morgan fingerprint density at radius 3 is 3.00 bits per heavy atom. The monoisotopic (exact) mass is 244 g/mol. The van der Waals surface area contributed by atoms with Crippen molar-refractivity contribution in [1.82, 2.24) is 4.98 Å². The summed E-state index contributed by atoms with van der Waals surface area (Å²) in [5.74, 6) is 0.616. The number of hydrogen-bond acceptors (Lipinski definition) is 4. The van der Waals surface area contributed by atoms with Crippen molar-refractivity contribution in [2.24, 2.45) is 0 Å². The van der Waals surface area contributed by atoms with Crippen LogP contribution in [0.1, 0.15) is 0 Å². The van der Waals surface area contributed by atoms with Gasteiger partial charge in [-0.3, -0.25) is 0 Å². The summed E-state index contributed by atoms with van der Waals surface area (Å²) < 4.78 is 5.69. The van der Waals surface area contributed by atoms with E-state index in [1.54, 1.807) is 19.2 Å². The van der Waals surface area contributed by atoms with E-state index in [0.29, 0.717) is 15.4 Å². The predicted octanol–water partition coefficient (Wildman–Crippen LogP) is 2.43. The molecule has 12 heavy (non-hydrogen) atoms. The third-order valence-corrected chi connectivity index (χ3v) is 2.17. The molecule has 0 fully saturated rings. The zero-order chi connectivity index (χ0) is 8.97. The van der Waals surface area contributed by atoms with Gasteiger partial charge in [0.2, 0.25) is 0 Å². The van der Waals surface area contributed by atoms with Gasteiger partial charge in [0.05, 0.1) is 7.11 Å². The van der Waals surface area contributed by atoms with E-state index in [-0.39, 0.29) is 0 Å². The number of hydrogen-bond donors (Lipinski definition) is 0. The number of nitrogens with zero attached hydrogens (tertiary/aromatic N) is 2. The van der Waals surface area contributed by atoms with E-state index in [2.05, 4.69) is 20.9 Å². The van der Waals surface area contributed by atoms with Crippen LogP contribution in [0.2, 0.25) is 0 Å². The molecule has 0 N–H and O–H groups in total. The molecule has 0 amide bonds. The number of aromatic nitrogens is 1. The molecule has 0 aromatic carbocycles. The first-order valence-electron chi connectivity index (χ1n) is 3.04. The first-order valence-corrected chi connectivity index (χ1v) is 4.65. The SMILES string of the molecule is COc1ccc(Br)nc1SC#N. The fraction of sp³-hybridized carbons (Fsp3) is 0.143. The molecular weight excluding hydrogens is 240 g/mol. The predicted molar refractivity (Wildman–Crippen MR) is 50.0 cm³/mol. The first kappa shape index (κ1) is 9.36. The molecule has 62 valence electrons. The Morgan fingerprint density at radius 2 is 2.42 bits per heavy atom. The average Bonchev–Trinajstić information content (AvgIpc) is 2.05. The van der Waals surface area contributed by atoms with E-state index in [1.165, 1.54) is 0 Å². The molecule has 1 aromatic rings. The molecule has 0 aliphatic rings. The van der Waals surface area contributed by atoms with E-state index in [9.17, 15) is 0 Å². The molecule has 3 nitrogen and oxygen atoms in total. The number of methoxy groups -OCH3 is 1. The summed E-state index contributed by atoms with van der Waals surface area (Å²) in [5, 5.41) is 11.0. The van der Waals surface area contributed by atoms with Gasteiger partial charge >= 0.3 is 0 Å². The zero-order valence-electron chi connectivity index (χ0n) is 6.24. The van der Waals surface area contributed by atoms with Gasteiger partial charge in [0, 0.05) is 11.8 Å². The fourth-order valence-electron chi connectivity index (χ4n) is 0.677. The van der Waals surface area contributed by atoms with Gasteiger partial charge in [-0.1, -0.05) is 0 Å². The molecule has 0 aliphatic carbocycles. The van der Waals surface area contributed by atoms with Crippen LogP contribution in [0.5, 0.6) is 5.75 Å². The van der Waals surface area contributed by atoms with E-state index < -0.39 is 0 Å². The molecule has 1 rings (SSSR count).